The van der Waals surface area contributed by atoms with Gasteiger partial charge in [-0.05, 0) is 39.5 Å². The van der Waals surface area contributed by atoms with Gasteiger partial charge in [0.15, 0.2) is 0 Å². The third kappa shape index (κ3) is 7.09. The number of likely N-dealkylation sites (tertiary alicyclic amines) is 1. The Morgan fingerprint density at radius 1 is 1.50 bits per heavy atom. The molecular weight excluding hydrogens is 265 g/mol. The van der Waals surface area contributed by atoms with Crippen LogP contribution in [0.4, 0.5) is 4.79 Å². The normalized spacial score (nSPS) is 22.0. The van der Waals surface area contributed by atoms with E-state index >= 15 is 0 Å². The summed E-state index contributed by atoms with van der Waals surface area (Å²) < 4.78 is 26.5. The molecule has 1 fully saturated rings. The molecule has 0 aliphatic carbocycles. The molecule has 0 N–H and O–H groups in total. The van der Waals surface area contributed by atoms with Crippen LogP contribution in [-0.4, -0.2) is 44.2 Å². The van der Waals surface area contributed by atoms with Gasteiger partial charge < -0.3 is 14.2 Å². The fourth-order valence-electron chi connectivity index (χ4n) is 1.89. The summed E-state index contributed by atoms with van der Waals surface area (Å²) in [4.78, 5) is 13.4. The van der Waals surface area contributed by atoms with E-state index < -0.39 is 16.7 Å². The Balaban J connectivity index is 0.00000289. The van der Waals surface area contributed by atoms with Gasteiger partial charge in [-0.25, -0.2) is 4.79 Å². The van der Waals surface area contributed by atoms with E-state index in [4.69, 9.17) is 4.74 Å². The van der Waals surface area contributed by atoms with Gasteiger partial charge in [-0.15, -0.1) is 0 Å². The summed E-state index contributed by atoms with van der Waals surface area (Å²) in [6.45, 7) is 6.58. The van der Waals surface area contributed by atoms with Gasteiger partial charge >= 0.3 is 35.7 Å². The zero-order valence-corrected chi connectivity index (χ0v) is 14.4. The van der Waals surface area contributed by atoms with E-state index in [-0.39, 0.29) is 47.3 Å². The molecule has 0 aromatic heterocycles. The Hall–Kier alpha value is 0.380. The standard InChI is InChI=1S/C11H21NO4S.Na/c1-11(2,3)16-10(13)12-6-4-5-9(7-12)8-17(14)15;/h9H,4-8H2,1-3H3,(H,14,15);/q;+1/p-1. The smallest absolute Gasteiger partial charge is 0.772 e. The zero-order valence-electron chi connectivity index (χ0n) is 11.6. The summed E-state index contributed by atoms with van der Waals surface area (Å²) in [5.74, 6) is 0.161. The van der Waals surface area contributed by atoms with Crippen LogP contribution in [-0.2, 0) is 15.8 Å². The molecule has 1 aliphatic rings. The third-order valence-corrected chi connectivity index (χ3v) is 3.29. The summed E-state index contributed by atoms with van der Waals surface area (Å²) in [6, 6.07) is 0. The molecule has 1 saturated heterocycles. The average molecular weight is 285 g/mol. The largest absolute Gasteiger partial charge is 1.00 e. The number of piperidine rings is 1. The number of amides is 1. The number of hydrogen-bond donors (Lipinski definition) is 0. The first-order valence-electron chi connectivity index (χ1n) is 5.82. The monoisotopic (exact) mass is 285 g/mol. The second-order valence-electron chi connectivity index (χ2n) is 5.41. The van der Waals surface area contributed by atoms with Crippen molar-refractivity contribution in [1.29, 1.82) is 0 Å². The number of nitrogens with zero attached hydrogens (tertiary/aromatic N) is 1. The molecule has 1 heterocycles. The van der Waals surface area contributed by atoms with Crippen LogP contribution < -0.4 is 29.6 Å². The van der Waals surface area contributed by atoms with Crippen molar-refractivity contribution in [3.05, 3.63) is 0 Å². The molecule has 0 bridgehead atoms. The molecule has 1 amide bonds. The Morgan fingerprint density at radius 2 is 2.11 bits per heavy atom. The van der Waals surface area contributed by atoms with Crippen LogP contribution in [0.1, 0.15) is 33.6 Å². The molecule has 1 rings (SSSR count). The van der Waals surface area contributed by atoms with Gasteiger partial charge in [-0.2, -0.15) is 0 Å². The number of carbonyl (C=O) groups excluding carboxylic acids is 1. The predicted octanol–water partition coefficient (Wildman–Crippen LogP) is -1.48. The van der Waals surface area contributed by atoms with Crippen LogP contribution in [0.15, 0.2) is 0 Å². The number of hydrogen-bond acceptors (Lipinski definition) is 4. The summed E-state index contributed by atoms with van der Waals surface area (Å²) >= 11 is -2.04. The Bertz CT molecular complexity index is 306. The van der Waals surface area contributed by atoms with Gasteiger partial charge in [-0.1, -0.05) is 11.1 Å². The van der Waals surface area contributed by atoms with E-state index in [9.17, 15) is 13.6 Å². The van der Waals surface area contributed by atoms with E-state index in [2.05, 4.69) is 0 Å². The van der Waals surface area contributed by atoms with Gasteiger partial charge in [0, 0.05) is 18.8 Å². The average Bonchev–Trinajstić information content (AvgIpc) is 2.14. The van der Waals surface area contributed by atoms with E-state index in [1.54, 1.807) is 4.90 Å². The van der Waals surface area contributed by atoms with E-state index in [1.165, 1.54) is 0 Å². The Morgan fingerprint density at radius 3 is 2.61 bits per heavy atom. The maximum atomic E-state index is 11.8. The van der Waals surface area contributed by atoms with Gasteiger partial charge in [0.1, 0.15) is 5.60 Å². The quantitative estimate of drug-likeness (QED) is 0.458. The fraction of sp³-hybridized carbons (Fsp3) is 0.909. The van der Waals surface area contributed by atoms with Gasteiger partial charge in [-0.3, -0.25) is 4.21 Å². The predicted molar refractivity (Wildman–Crippen MR) is 64.3 cm³/mol. The molecule has 7 heteroatoms. The number of ether oxygens (including phenoxy) is 1. The molecule has 5 nitrogen and oxygen atoms in total. The first-order chi connectivity index (χ1) is 7.78. The van der Waals surface area contributed by atoms with E-state index in [0.717, 1.165) is 12.8 Å². The fourth-order valence-corrected chi connectivity index (χ4v) is 2.54. The second kappa shape index (κ2) is 7.85. The third-order valence-electron chi connectivity index (χ3n) is 2.54. The number of rotatable bonds is 2. The molecule has 0 aromatic carbocycles. The van der Waals surface area contributed by atoms with Crippen LogP contribution in [0.2, 0.25) is 0 Å². The summed E-state index contributed by atoms with van der Waals surface area (Å²) in [7, 11) is 0. The Labute approximate surface area is 133 Å². The van der Waals surface area contributed by atoms with Crippen molar-refractivity contribution in [2.45, 2.75) is 39.2 Å². The maximum Gasteiger partial charge on any atom is 1.00 e. The molecule has 0 aromatic rings. The maximum absolute atomic E-state index is 11.8. The topological polar surface area (TPSA) is 69.7 Å². The molecular formula is C11H20NNaO4S. The van der Waals surface area contributed by atoms with Crippen molar-refractivity contribution in [2.24, 2.45) is 5.92 Å². The van der Waals surface area contributed by atoms with Crippen LogP contribution in [0.25, 0.3) is 0 Å². The van der Waals surface area contributed by atoms with Gasteiger partial charge in [0.2, 0.25) is 0 Å². The summed E-state index contributed by atoms with van der Waals surface area (Å²) in [5.41, 5.74) is -0.509. The SMILES string of the molecule is CC(C)(C)OC(=O)N1CCCC(CS(=O)[O-])C1.[Na+]. The van der Waals surface area contributed by atoms with Gasteiger partial charge in [0.25, 0.3) is 0 Å². The summed E-state index contributed by atoms with van der Waals surface area (Å²) in [6.07, 6.45) is 1.34. The van der Waals surface area contributed by atoms with Crippen molar-refractivity contribution in [1.82, 2.24) is 4.90 Å². The van der Waals surface area contributed by atoms with Crippen LogP contribution in [0.5, 0.6) is 0 Å². The van der Waals surface area contributed by atoms with Crippen molar-refractivity contribution in [3.63, 3.8) is 0 Å². The molecule has 18 heavy (non-hydrogen) atoms. The minimum atomic E-state index is -2.04. The van der Waals surface area contributed by atoms with E-state index in [1.807, 2.05) is 20.8 Å². The number of carbonyl (C=O) groups is 1. The van der Waals surface area contributed by atoms with E-state index in [0.29, 0.717) is 13.1 Å². The zero-order chi connectivity index (χ0) is 13.1. The molecule has 0 saturated carbocycles. The molecule has 2 unspecified atom stereocenters. The Kier molecular flexibility index (Phi) is 8.01. The minimum absolute atomic E-state index is 0. The van der Waals surface area contributed by atoms with Crippen LogP contribution in [0, 0.1) is 5.92 Å². The van der Waals surface area contributed by atoms with Crippen molar-refractivity contribution in [3.8, 4) is 0 Å². The molecule has 0 spiro atoms. The second-order valence-corrected chi connectivity index (χ2v) is 6.35. The van der Waals surface area contributed by atoms with Crippen molar-refractivity contribution < 1.29 is 47.9 Å². The molecule has 100 valence electrons. The van der Waals surface area contributed by atoms with Crippen LogP contribution >= 0.6 is 0 Å². The van der Waals surface area contributed by atoms with Crippen LogP contribution in [0.3, 0.4) is 0 Å². The molecule has 2 atom stereocenters. The van der Waals surface area contributed by atoms with Crippen molar-refractivity contribution in [2.75, 3.05) is 18.8 Å². The minimum Gasteiger partial charge on any atom is -0.772 e. The molecule has 0 radical (unpaired) electrons. The van der Waals surface area contributed by atoms with Crippen molar-refractivity contribution >= 4 is 17.2 Å². The first kappa shape index (κ1) is 18.4. The first-order valence-corrected chi connectivity index (χ1v) is 7.06. The summed E-state index contributed by atoms with van der Waals surface area (Å²) in [5, 5.41) is 0. The molecule has 1 aliphatic heterocycles. The van der Waals surface area contributed by atoms with Gasteiger partial charge in [0.05, 0.1) is 0 Å².